The van der Waals surface area contributed by atoms with Crippen LogP contribution in [0.15, 0.2) is 42.5 Å². The predicted octanol–water partition coefficient (Wildman–Crippen LogP) is 4.03. The fourth-order valence-electron chi connectivity index (χ4n) is 4.44. The first kappa shape index (κ1) is 20.9. The number of ether oxygens (including phenoxy) is 2. The Hall–Kier alpha value is -3.39. The van der Waals surface area contributed by atoms with Crippen LogP contribution in [0.5, 0.6) is 11.5 Å². The molecule has 0 amide bonds. The van der Waals surface area contributed by atoms with Crippen molar-refractivity contribution >= 4 is 5.69 Å². The molecule has 1 atom stereocenters. The first-order valence-corrected chi connectivity index (χ1v) is 10.2. The monoisotopic (exact) mass is 422 g/mol. The molecule has 31 heavy (non-hydrogen) atoms. The van der Waals surface area contributed by atoms with Gasteiger partial charge in [-0.3, -0.25) is 15.0 Å². The van der Waals surface area contributed by atoms with Crippen molar-refractivity contribution in [2.75, 3.05) is 20.8 Å². The maximum Gasteiger partial charge on any atom is 0.312 e. The van der Waals surface area contributed by atoms with Gasteiger partial charge in [-0.2, -0.15) is 5.10 Å². The van der Waals surface area contributed by atoms with Crippen molar-refractivity contribution in [3.05, 3.63) is 80.7 Å². The third-order valence-corrected chi connectivity index (χ3v) is 5.93. The van der Waals surface area contributed by atoms with Gasteiger partial charge in [0.15, 0.2) is 11.5 Å². The Morgan fingerprint density at radius 2 is 1.81 bits per heavy atom. The van der Waals surface area contributed by atoms with Crippen molar-refractivity contribution in [3.63, 3.8) is 0 Å². The van der Waals surface area contributed by atoms with Gasteiger partial charge < -0.3 is 9.47 Å². The lowest BCUT2D eigenvalue weighted by molar-refractivity contribution is -0.386. The van der Waals surface area contributed by atoms with Crippen molar-refractivity contribution in [3.8, 4) is 11.5 Å². The first-order chi connectivity index (χ1) is 14.9. The Morgan fingerprint density at radius 3 is 2.42 bits per heavy atom. The fraction of sp³-hybridized carbons (Fsp3) is 0.348. The third-order valence-electron chi connectivity index (χ3n) is 5.93. The minimum absolute atomic E-state index is 0.0345. The smallest absolute Gasteiger partial charge is 0.312 e. The number of benzene rings is 2. The van der Waals surface area contributed by atoms with Gasteiger partial charge in [-0.15, -0.1) is 0 Å². The lowest BCUT2D eigenvalue weighted by Crippen LogP contribution is -2.38. The van der Waals surface area contributed by atoms with Gasteiger partial charge in [0.05, 0.1) is 31.9 Å². The number of fused-ring (bicyclic) bond motifs is 1. The molecule has 2 aromatic carbocycles. The molecule has 1 aliphatic heterocycles. The summed E-state index contributed by atoms with van der Waals surface area (Å²) < 4.78 is 12.8. The van der Waals surface area contributed by atoms with Gasteiger partial charge in [-0.05, 0) is 49.1 Å². The second-order valence-corrected chi connectivity index (χ2v) is 7.70. The van der Waals surface area contributed by atoms with Crippen LogP contribution in [0, 0.1) is 24.0 Å². The standard InChI is InChI=1S/C23H26N4O4/c1-15-22(27(28)29)16(2)26(24-15)14-25-11-10-18-12-20(30-3)21(31-4)13-19(18)23(25)17-8-6-5-7-9-17/h5-9,12-13,23H,10-11,14H2,1-4H3/t23-/m0/s1. The lowest BCUT2D eigenvalue weighted by Gasteiger charge is -2.38. The van der Waals surface area contributed by atoms with Gasteiger partial charge in [0.2, 0.25) is 0 Å². The molecule has 0 spiro atoms. The molecular formula is C23H26N4O4. The number of aryl methyl sites for hydroxylation is 1. The van der Waals surface area contributed by atoms with E-state index < -0.39 is 0 Å². The highest BCUT2D eigenvalue weighted by molar-refractivity contribution is 5.51. The second-order valence-electron chi connectivity index (χ2n) is 7.70. The number of nitrogens with zero attached hydrogens (tertiary/aromatic N) is 4. The molecule has 1 aromatic heterocycles. The van der Waals surface area contributed by atoms with E-state index >= 15 is 0 Å². The minimum Gasteiger partial charge on any atom is -0.493 e. The van der Waals surface area contributed by atoms with E-state index in [1.807, 2.05) is 24.3 Å². The maximum absolute atomic E-state index is 11.4. The Kier molecular flexibility index (Phi) is 5.65. The summed E-state index contributed by atoms with van der Waals surface area (Å²) in [5.41, 5.74) is 4.58. The molecule has 4 rings (SSSR count). The van der Waals surface area contributed by atoms with Gasteiger partial charge in [0.1, 0.15) is 11.4 Å². The molecule has 0 saturated carbocycles. The zero-order valence-electron chi connectivity index (χ0n) is 18.2. The molecule has 0 unspecified atom stereocenters. The molecule has 8 heteroatoms. The lowest BCUT2D eigenvalue weighted by atomic mass is 9.88. The van der Waals surface area contributed by atoms with Crippen LogP contribution >= 0.6 is 0 Å². The average Bonchev–Trinajstić information content (AvgIpc) is 3.05. The molecule has 0 aliphatic carbocycles. The molecule has 8 nitrogen and oxygen atoms in total. The van der Waals surface area contributed by atoms with Crippen LogP contribution in [-0.4, -0.2) is 40.4 Å². The number of hydrogen-bond donors (Lipinski definition) is 0. The van der Waals surface area contributed by atoms with Crippen molar-refractivity contribution in [1.29, 1.82) is 0 Å². The van der Waals surface area contributed by atoms with Crippen molar-refractivity contribution in [2.24, 2.45) is 0 Å². The van der Waals surface area contributed by atoms with E-state index in [0.29, 0.717) is 23.8 Å². The highest BCUT2D eigenvalue weighted by Crippen LogP contribution is 2.41. The topological polar surface area (TPSA) is 82.7 Å². The van der Waals surface area contributed by atoms with Crippen LogP contribution in [0.3, 0.4) is 0 Å². The van der Waals surface area contributed by atoms with E-state index in [9.17, 15) is 10.1 Å². The Balaban J connectivity index is 1.79. The highest BCUT2D eigenvalue weighted by atomic mass is 16.6. The summed E-state index contributed by atoms with van der Waals surface area (Å²) in [6, 6.07) is 14.3. The zero-order valence-corrected chi connectivity index (χ0v) is 18.2. The summed E-state index contributed by atoms with van der Waals surface area (Å²) in [4.78, 5) is 13.4. The Morgan fingerprint density at radius 1 is 1.13 bits per heavy atom. The fourth-order valence-corrected chi connectivity index (χ4v) is 4.44. The number of rotatable bonds is 6. The largest absolute Gasteiger partial charge is 0.493 e. The number of aromatic nitrogens is 2. The van der Waals surface area contributed by atoms with Crippen molar-refractivity contribution < 1.29 is 14.4 Å². The van der Waals surface area contributed by atoms with Gasteiger partial charge >= 0.3 is 5.69 Å². The van der Waals surface area contributed by atoms with E-state index in [2.05, 4.69) is 28.2 Å². The SMILES string of the molecule is COc1cc2c(cc1OC)[C@H](c1ccccc1)N(Cn1nc(C)c([N+](=O)[O-])c1C)CC2. The average molecular weight is 422 g/mol. The van der Waals surface area contributed by atoms with Crippen LogP contribution in [0.4, 0.5) is 5.69 Å². The summed E-state index contributed by atoms with van der Waals surface area (Å²) >= 11 is 0. The maximum atomic E-state index is 11.4. The summed E-state index contributed by atoms with van der Waals surface area (Å²) in [5.74, 6) is 1.40. The molecule has 0 bridgehead atoms. The molecule has 0 saturated heterocycles. The van der Waals surface area contributed by atoms with Gasteiger partial charge in [-0.25, -0.2) is 4.68 Å². The van der Waals surface area contributed by atoms with E-state index in [-0.39, 0.29) is 16.7 Å². The van der Waals surface area contributed by atoms with E-state index in [4.69, 9.17) is 9.47 Å². The number of methoxy groups -OCH3 is 2. The van der Waals surface area contributed by atoms with Crippen LogP contribution in [-0.2, 0) is 13.1 Å². The van der Waals surface area contributed by atoms with Crippen LogP contribution in [0.2, 0.25) is 0 Å². The molecular weight excluding hydrogens is 396 g/mol. The minimum atomic E-state index is -0.356. The molecule has 1 aliphatic rings. The molecule has 2 heterocycles. The number of hydrogen-bond acceptors (Lipinski definition) is 6. The predicted molar refractivity (Wildman–Crippen MR) is 117 cm³/mol. The molecule has 0 fully saturated rings. The normalized spacial score (nSPS) is 16.1. The summed E-state index contributed by atoms with van der Waals surface area (Å²) in [7, 11) is 3.28. The van der Waals surface area contributed by atoms with E-state index in [0.717, 1.165) is 29.8 Å². The van der Waals surface area contributed by atoms with Crippen LogP contribution in [0.25, 0.3) is 0 Å². The van der Waals surface area contributed by atoms with Crippen molar-refractivity contribution in [1.82, 2.24) is 14.7 Å². The number of nitro groups is 1. The Labute approximate surface area is 181 Å². The second kappa shape index (κ2) is 8.39. The zero-order chi connectivity index (χ0) is 22.1. The van der Waals surface area contributed by atoms with Gasteiger partial charge in [0, 0.05) is 6.54 Å². The quantitative estimate of drug-likeness (QED) is 0.441. The highest BCUT2D eigenvalue weighted by Gasteiger charge is 2.32. The van der Waals surface area contributed by atoms with E-state index in [1.165, 1.54) is 5.56 Å². The first-order valence-electron chi connectivity index (χ1n) is 10.2. The summed E-state index contributed by atoms with van der Waals surface area (Å²) in [5, 5.41) is 15.9. The van der Waals surface area contributed by atoms with Crippen molar-refractivity contribution in [2.45, 2.75) is 33.0 Å². The van der Waals surface area contributed by atoms with Crippen LogP contribution < -0.4 is 9.47 Å². The van der Waals surface area contributed by atoms with E-state index in [1.54, 1.807) is 32.7 Å². The third kappa shape index (κ3) is 3.74. The summed E-state index contributed by atoms with van der Waals surface area (Å²) in [6.45, 7) is 4.67. The molecule has 0 radical (unpaired) electrons. The van der Waals surface area contributed by atoms with Gasteiger partial charge in [-0.1, -0.05) is 30.3 Å². The molecule has 162 valence electrons. The molecule has 3 aromatic rings. The summed E-state index contributed by atoms with van der Waals surface area (Å²) in [6.07, 6.45) is 0.834. The molecule has 0 N–H and O–H groups in total. The van der Waals surface area contributed by atoms with Crippen LogP contribution in [0.1, 0.15) is 34.1 Å². The Bertz CT molecular complexity index is 1110. The van der Waals surface area contributed by atoms with Gasteiger partial charge in [0.25, 0.3) is 0 Å².